The number of aliphatic hydroxyl groups excluding tert-OH is 5. The van der Waals surface area contributed by atoms with Gasteiger partial charge in [-0.3, -0.25) is 19.2 Å². The van der Waals surface area contributed by atoms with E-state index in [1.807, 2.05) is 0 Å². The summed E-state index contributed by atoms with van der Waals surface area (Å²) in [4.78, 5) is 10.1. The van der Waals surface area contributed by atoms with E-state index in [0.717, 1.165) is 12.1 Å². The number of hydrogen-bond acceptors (Lipinski definition) is 17. The number of nitro groups is 1. The van der Waals surface area contributed by atoms with Crippen molar-refractivity contribution in [3.8, 4) is 5.75 Å². The minimum atomic E-state index is -5.34. The molecule has 0 spiro atoms. The Morgan fingerprint density at radius 2 is 1.43 bits per heavy atom. The van der Waals surface area contributed by atoms with E-state index < -0.39 is 100 Å². The van der Waals surface area contributed by atoms with Crippen LogP contribution in [-0.2, 0) is 43.4 Å². The first kappa shape index (κ1) is 32.4. The highest BCUT2D eigenvalue weighted by Gasteiger charge is 2.53. The van der Waals surface area contributed by atoms with Gasteiger partial charge in [0.05, 0.1) is 18.1 Å². The molecule has 2 aliphatic rings. The number of aliphatic hydroxyl groups is 5. The molecule has 40 heavy (non-hydrogen) atoms. The summed E-state index contributed by atoms with van der Waals surface area (Å²) in [6, 6.07) is 4.50. The zero-order valence-corrected chi connectivity index (χ0v) is 21.4. The average Bonchev–Trinajstić information content (AvgIpc) is 2.86. The van der Waals surface area contributed by atoms with Crippen molar-refractivity contribution in [3.63, 3.8) is 0 Å². The SMILES string of the molecule is O=[N+]([O-])c1ccc(O[C@@H]2O[C@H](CO)[C@@H](O[C@@H]3O[C@H](COS(=O)(=O)O)[C@H](O)[C@H](OS(=O)(=O)O)[C@H]3O)[C@H](O)[C@H]2O)cc1. The second-order valence-electron chi connectivity index (χ2n) is 8.40. The number of nitro benzene ring substituents is 1. The molecule has 7 N–H and O–H groups in total. The van der Waals surface area contributed by atoms with Crippen molar-refractivity contribution in [2.24, 2.45) is 0 Å². The van der Waals surface area contributed by atoms with Crippen LogP contribution < -0.4 is 4.74 Å². The van der Waals surface area contributed by atoms with Crippen LogP contribution in [0.25, 0.3) is 0 Å². The lowest BCUT2D eigenvalue weighted by Crippen LogP contribution is -2.65. The number of benzene rings is 1. The zero-order valence-electron chi connectivity index (χ0n) is 19.8. The maximum absolute atomic E-state index is 11.2. The maximum atomic E-state index is 11.2. The molecule has 2 saturated heterocycles. The van der Waals surface area contributed by atoms with Crippen molar-refractivity contribution in [1.29, 1.82) is 0 Å². The molecule has 0 amide bonds. The Kier molecular flexibility index (Phi) is 10.3. The molecule has 10 atom stereocenters. The highest BCUT2D eigenvalue weighted by Crippen LogP contribution is 2.32. The van der Waals surface area contributed by atoms with E-state index in [9.17, 15) is 52.5 Å². The van der Waals surface area contributed by atoms with Crippen LogP contribution in [0, 0.1) is 10.1 Å². The van der Waals surface area contributed by atoms with Crippen LogP contribution >= 0.6 is 0 Å². The molecule has 2 heterocycles. The minimum absolute atomic E-state index is 0.0372. The van der Waals surface area contributed by atoms with Crippen molar-refractivity contribution in [2.75, 3.05) is 13.2 Å². The largest absolute Gasteiger partial charge is 0.462 e. The quantitative estimate of drug-likeness (QED) is 0.0707. The summed E-state index contributed by atoms with van der Waals surface area (Å²) in [6.07, 6.45) is -19.7. The molecule has 0 radical (unpaired) electrons. The average molecular weight is 624 g/mol. The minimum Gasteiger partial charge on any atom is -0.462 e. The molecule has 0 unspecified atom stereocenters. The third kappa shape index (κ3) is 8.20. The summed E-state index contributed by atoms with van der Waals surface area (Å²) in [6.45, 7) is -2.10. The highest BCUT2D eigenvalue weighted by atomic mass is 32.3. The van der Waals surface area contributed by atoms with E-state index in [1.165, 1.54) is 12.1 Å². The van der Waals surface area contributed by atoms with Crippen LogP contribution in [0.5, 0.6) is 5.75 Å². The summed E-state index contributed by atoms with van der Waals surface area (Å²) in [7, 11) is -10.4. The number of hydrogen-bond donors (Lipinski definition) is 7. The lowest BCUT2D eigenvalue weighted by molar-refractivity contribution is -0.384. The van der Waals surface area contributed by atoms with Crippen LogP contribution in [0.4, 0.5) is 5.69 Å². The Labute approximate surface area is 225 Å². The standard InChI is InChI=1S/C18H25NO19S2/c20-5-9-15(12(22)13(23)17(35-9)34-8-3-1-7(2-4-8)19(25)26)37-18-14(24)16(38-40(30,31)32)11(21)10(36-18)6-33-39(27,28)29/h1-4,9-18,20-24H,5-6H2,(H,27,28,29)(H,30,31,32)/t9-,10-,11+,12-,13-,14-,15-,16+,17-,18+/m1/s1. The topological polar surface area (TPSA) is 308 Å². The fraction of sp³-hybridized carbons (Fsp3) is 0.667. The molecule has 0 aliphatic carbocycles. The summed E-state index contributed by atoms with van der Waals surface area (Å²) in [5.74, 6) is -0.0372. The molecule has 0 saturated carbocycles. The van der Waals surface area contributed by atoms with E-state index >= 15 is 0 Å². The lowest BCUT2D eigenvalue weighted by Gasteiger charge is -2.46. The fourth-order valence-electron chi connectivity index (χ4n) is 3.81. The summed E-state index contributed by atoms with van der Waals surface area (Å²) >= 11 is 0. The molecule has 2 aliphatic heterocycles. The van der Waals surface area contributed by atoms with Crippen molar-refractivity contribution in [1.82, 2.24) is 0 Å². The molecule has 0 bridgehead atoms. The number of nitrogens with zero attached hydrogens (tertiary/aromatic N) is 1. The van der Waals surface area contributed by atoms with Crippen molar-refractivity contribution in [2.45, 2.75) is 61.4 Å². The molecule has 3 rings (SSSR count). The van der Waals surface area contributed by atoms with Gasteiger partial charge in [0.15, 0.2) is 6.29 Å². The van der Waals surface area contributed by atoms with Gasteiger partial charge in [-0.1, -0.05) is 0 Å². The van der Waals surface area contributed by atoms with E-state index in [4.69, 9.17) is 28.1 Å². The molecule has 1 aromatic rings. The summed E-state index contributed by atoms with van der Waals surface area (Å²) < 4.78 is 91.8. The van der Waals surface area contributed by atoms with Gasteiger partial charge in [-0.05, 0) is 12.1 Å². The maximum Gasteiger partial charge on any atom is 0.397 e. The first-order valence-electron chi connectivity index (χ1n) is 11.0. The van der Waals surface area contributed by atoms with Gasteiger partial charge in [0.2, 0.25) is 6.29 Å². The third-order valence-corrected chi connectivity index (χ3v) is 6.57. The first-order chi connectivity index (χ1) is 18.5. The van der Waals surface area contributed by atoms with Gasteiger partial charge in [0.25, 0.3) is 5.69 Å². The molecule has 2 fully saturated rings. The van der Waals surface area contributed by atoms with Gasteiger partial charge >= 0.3 is 20.8 Å². The van der Waals surface area contributed by atoms with Crippen molar-refractivity contribution in [3.05, 3.63) is 34.4 Å². The van der Waals surface area contributed by atoms with Crippen LogP contribution in [0.3, 0.4) is 0 Å². The van der Waals surface area contributed by atoms with Gasteiger partial charge in [-0.2, -0.15) is 16.8 Å². The molecular formula is C18H25NO19S2. The molecule has 22 heteroatoms. The monoisotopic (exact) mass is 623 g/mol. The highest BCUT2D eigenvalue weighted by molar-refractivity contribution is 7.81. The summed E-state index contributed by atoms with van der Waals surface area (Å²) in [5.41, 5.74) is -0.271. The van der Waals surface area contributed by atoms with Crippen LogP contribution in [-0.4, -0.2) is 131 Å². The second-order valence-corrected chi connectivity index (χ2v) is 10.5. The van der Waals surface area contributed by atoms with Crippen LogP contribution in [0.2, 0.25) is 0 Å². The molecule has 0 aromatic heterocycles. The van der Waals surface area contributed by atoms with E-state index in [0.29, 0.717) is 0 Å². The van der Waals surface area contributed by atoms with Gasteiger partial charge in [0, 0.05) is 12.1 Å². The third-order valence-electron chi connectivity index (χ3n) is 5.67. The number of rotatable bonds is 11. The summed E-state index contributed by atoms with van der Waals surface area (Å²) in [5, 5.41) is 62.6. The first-order valence-corrected chi connectivity index (χ1v) is 13.7. The smallest absolute Gasteiger partial charge is 0.397 e. The van der Waals surface area contributed by atoms with Crippen molar-refractivity contribution >= 4 is 26.5 Å². The van der Waals surface area contributed by atoms with Gasteiger partial charge < -0.3 is 44.5 Å². The van der Waals surface area contributed by atoms with Gasteiger partial charge in [0.1, 0.15) is 54.6 Å². The Balaban J connectivity index is 1.79. The molecule has 228 valence electrons. The van der Waals surface area contributed by atoms with E-state index in [-0.39, 0.29) is 11.4 Å². The van der Waals surface area contributed by atoms with Gasteiger partial charge in [-0.25, -0.2) is 8.37 Å². The lowest BCUT2D eigenvalue weighted by atomic mass is 9.97. The van der Waals surface area contributed by atoms with E-state index in [2.05, 4.69) is 8.37 Å². The molecule has 20 nitrogen and oxygen atoms in total. The Bertz CT molecular complexity index is 1220. The predicted octanol–water partition coefficient (Wildman–Crippen LogP) is -3.75. The predicted molar refractivity (Wildman–Crippen MR) is 121 cm³/mol. The Morgan fingerprint density at radius 1 is 0.825 bits per heavy atom. The zero-order chi connectivity index (χ0) is 30.0. The van der Waals surface area contributed by atoms with Crippen LogP contribution in [0.1, 0.15) is 0 Å². The van der Waals surface area contributed by atoms with Crippen molar-refractivity contribution < 1.29 is 83.7 Å². The van der Waals surface area contributed by atoms with Gasteiger partial charge in [-0.15, -0.1) is 0 Å². The molecule has 1 aromatic carbocycles. The normalized spacial score (nSPS) is 35.3. The number of ether oxygens (including phenoxy) is 4. The Hall–Kier alpha value is -2.16. The Morgan fingerprint density at radius 3 is 1.95 bits per heavy atom. The van der Waals surface area contributed by atoms with E-state index in [1.54, 1.807) is 0 Å². The van der Waals surface area contributed by atoms with Crippen LogP contribution in [0.15, 0.2) is 24.3 Å². The fourth-order valence-corrected chi connectivity index (χ4v) is 4.63. The number of non-ortho nitro benzene ring substituents is 1. The molecular weight excluding hydrogens is 598 g/mol. The second kappa shape index (κ2) is 12.8.